The third kappa shape index (κ3) is 3.41. The van der Waals surface area contributed by atoms with Gasteiger partial charge in [0.15, 0.2) is 0 Å². The summed E-state index contributed by atoms with van der Waals surface area (Å²) in [5.74, 6) is 0.445. The van der Waals surface area contributed by atoms with Gasteiger partial charge in [-0.3, -0.25) is 4.99 Å². The first-order valence-electron chi connectivity index (χ1n) is 8.97. The molecule has 0 N–H and O–H groups in total. The van der Waals surface area contributed by atoms with E-state index in [1.54, 1.807) is 0 Å². The summed E-state index contributed by atoms with van der Waals surface area (Å²) in [6.45, 7) is 13.4. The fraction of sp³-hybridized carbons (Fsp3) is 0.409. The maximum Gasteiger partial charge on any atom is 0.0802 e. The van der Waals surface area contributed by atoms with Crippen LogP contribution in [0.2, 0.25) is 0 Å². The molecule has 1 aromatic carbocycles. The van der Waals surface area contributed by atoms with Crippen LogP contribution in [0.5, 0.6) is 0 Å². The standard InChI is InChI=1S/C22H27N3/c1-13(2)24-25-19-11-20-16(5)15(4)17(6)21(20)22(23-12-19)18-9-7-14(3)8-10-18/h7-10,16H,11-12H2,1-6H3/b25-19+. The largest absolute Gasteiger partial charge is 0.278 e. The average Bonchev–Trinajstić information content (AvgIpc) is 2.74. The zero-order valence-corrected chi connectivity index (χ0v) is 16.1. The van der Waals surface area contributed by atoms with Gasteiger partial charge in [0.2, 0.25) is 0 Å². The van der Waals surface area contributed by atoms with Gasteiger partial charge in [0.25, 0.3) is 0 Å². The highest BCUT2D eigenvalue weighted by molar-refractivity contribution is 6.18. The van der Waals surface area contributed by atoms with E-state index in [0.29, 0.717) is 12.5 Å². The molecule has 0 saturated carbocycles. The molecule has 1 unspecified atom stereocenters. The lowest BCUT2D eigenvalue weighted by molar-refractivity contribution is 0.798. The zero-order valence-electron chi connectivity index (χ0n) is 16.1. The molecule has 0 radical (unpaired) electrons. The van der Waals surface area contributed by atoms with Crippen LogP contribution in [-0.4, -0.2) is 23.7 Å². The van der Waals surface area contributed by atoms with Crippen LogP contribution in [0.15, 0.2) is 61.8 Å². The van der Waals surface area contributed by atoms with Crippen molar-refractivity contribution in [3.63, 3.8) is 0 Å². The van der Waals surface area contributed by atoms with Gasteiger partial charge in [-0.25, -0.2) is 0 Å². The number of aryl methyl sites for hydroxylation is 1. The average molecular weight is 333 g/mol. The van der Waals surface area contributed by atoms with E-state index >= 15 is 0 Å². The Kier molecular flexibility index (Phi) is 4.85. The fourth-order valence-corrected chi connectivity index (χ4v) is 3.52. The molecule has 1 aromatic rings. The molecule has 2 aliphatic rings. The van der Waals surface area contributed by atoms with Gasteiger partial charge in [0, 0.05) is 23.3 Å². The van der Waals surface area contributed by atoms with Crippen molar-refractivity contribution in [2.45, 2.75) is 48.0 Å². The van der Waals surface area contributed by atoms with Crippen molar-refractivity contribution in [1.29, 1.82) is 0 Å². The summed E-state index contributed by atoms with van der Waals surface area (Å²) < 4.78 is 0. The molecule has 1 aliphatic heterocycles. The molecule has 3 rings (SSSR count). The Morgan fingerprint density at radius 2 is 1.76 bits per heavy atom. The van der Waals surface area contributed by atoms with Crippen molar-refractivity contribution < 1.29 is 0 Å². The first-order valence-corrected chi connectivity index (χ1v) is 8.97. The molecular weight excluding hydrogens is 306 g/mol. The van der Waals surface area contributed by atoms with E-state index in [9.17, 15) is 0 Å². The smallest absolute Gasteiger partial charge is 0.0802 e. The van der Waals surface area contributed by atoms with E-state index < -0.39 is 0 Å². The number of allylic oxidation sites excluding steroid dienone is 4. The molecule has 25 heavy (non-hydrogen) atoms. The molecular formula is C22H27N3. The molecule has 1 heterocycles. The quantitative estimate of drug-likeness (QED) is 0.520. The van der Waals surface area contributed by atoms with E-state index in [0.717, 1.165) is 23.6 Å². The number of aliphatic imine (C=N–C) groups is 1. The molecule has 3 heteroatoms. The van der Waals surface area contributed by atoms with Crippen LogP contribution in [0, 0.1) is 12.8 Å². The van der Waals surface area contributed by atoms with Gasteiger partial charge in [-0.05, 0) is 51.7 Å². The second-order valence-corrected chi connectivity index (χ2v) is 7.35. The molecule has 0 bridgehead atoms. The molecule has 1 aliphatic carbocycles. The van der Waals surface area contributed by atoms with Gasteiger partial charge in [0.1, 0.15) is 0 Å². The number of rotatable bonds is 2. The van der Waals surface area contributed by atoms with Crippen LogP contribution in [-0.2, 0) is 0 Å². The first kappa shape index (κ1) is 17.5. The minimum Gasteiger partial charge on any atom is -0.278 e. The molecule has 0 spiro atoms. The van der Waals surface area contributed by atoms with E-state index in [4.69, 9.17) is 4.99 Å². The minimum atomic E-state index is 0.445. The van der Waals surface area contributed by atoms with Crippen molar-refractivity contribution in [3.05, 3.63) is 57.7 Å². The van der Waals surface area contributed by atoms with Crippen molar-refractivity contribution in [2.75, 3.05) is 6.54 Å². The molecule has 130 valence electrons. The summed E-state index contributed by atoms with van der Waals surface area (Å²) in [5.41, 5.74) is 11.2. The lowest BCUT2D eigenvalue weighted by atomic mass is 9.91. The Morgan fingerprint density at radius 3 is 2.40 bits per heavy atom. The molecule has 0 fully saturated rings. The normalized spacial score (nSPS) is 22.1. The van der Waals surface area contributed by atoms with Crippen molar-refractivity contribution in [1.82, 2.24) is 0 Å². The second kappa shape index (κ2) is 6.91. The molecule has 0 aromatic heterocycles. The summed E-state index contributed by atoms with van der Waals surface area (Å²) in [5, 5.41) is 8.75. The second-order valence-electron chi connectivity index (χ2n) is 7.35. The predicted octanol–water partition coefficient (Wildman–Crippen LogP) is 5.31. The molecule has 0 amide bonds. The van der Waals surface area contributed by atoms with Gasteiger partial charge < -0.3 is 0 Å². The Balaban J connectivity index is 2.13. The molecule has 1 atom stereocenters. The third-order valence-electron chi connectivity index (χ3n) is 5.23. The van der Waals surface area contributed by atoms with Crippen LogP contribution in [0.25, 0.3) is 0 Å². The summed E-state index contributed by atoms with van der Waals surface area (Å²) in [6.07, 6.45) is 0.862. The van der Waals surface area contributed by atoms with Crippen LogP contribution in [0.3, 0.4) is 0 Å². The fourth-order valence-electron chi connectivity index (χ4n) is 3.52. The van der Waals surface area contributed by atoms with E-state index in [-0.39, 0.29) is 0 Å². The van der Waals surface area contributed by atoms with Crippen molar-refractivity contribution in [3.8, 4) is 0 Å². The first-order chi connectivity index (χ1) is 11.9. The Labute approximate surface area is 151 Å². The topological polar surface area (TPSA) is 37.1 Å². The highest BCUT2D eigenvalue weighted by Gasteiger charge is 2.31. The van der Waals surface area contributed by atoms with Crippen molar-refractivity contribution >= 4 is 17.1 Å². The Hall–Kier alpha value is -2.29. The highest BCUT2D eigenvalue weighted by Crippen LogP contribution is 2.41. The maximum atomic E-state index is 4.97. The minimum absolute atomic E-state index is 0.445. The summed E-state index contributed by atoms with van der Waals surface area (Å²) in [7, 11) is 0. The molecule has 0 saturated heterocycles. The molecule has 3 nitrogen and oxygen atoms in total. The maximum absolute atomic E-state index is 4.97. The van der Waals surface area contributed by atoms with Crippen LogP contribution in [0.1, 0.15) is 52.2 Å². The van der Waals surface area contributed by atoms with E-state index in [1.807, 2.05) is 13.8 Å². The lowest BCUT2D eigenvalue weighted by Gasteiger charge is -2.12. The highest BCUT2D eigenvalue weighted by atomic mass is 15.2. The predicted molar refractivity (Wildman–Crippen MR) is 108 cm³/mol. The van der Waals surface area contributed by atoms with Crippen LogP contribution in [0.4, 0.5) is 0 Å². The number of nitrogens with zero attached hydrogens (tertiary/aromatic N) is 3. The number of benzene rings is 1. The number of hydrogen-bond donors (Lipinski definition) is 0. The van der Waals surface area contributed by atoms with Crippen LogP contribution >= 0.6 is 0 Å². The SMILES string of the molecule is CC(C)=N/N=C1/CN=C(c2ccc(C)cc2)C2=C(C1)C(C)C(C)=C2C. The summed E-state index contributed by atoms with van der Waals surface area (Å²) in [4.78, 5) is 4.97. The van der Waals surface area contributed by atoms with Gasteiger partial charge in [-0.15, -0.1) is 0 Å². The van der Waals surface area contributed by atoms with E-state index in [2.05, 4.69) is 62.2 Å². The van der Waals surface area contributed by atoms with Gasteiger partial charge >= 0.3 is 0 Å². The van der Waals surface area contributed by atoms with E-state index in [1.165, 1.54) is 33.4 Å². The third-order valence-corrected chi connectivity index (χ3v) is 5.23. The van der Waals surface area contributed by atoms with Gasteiger partial charge in [-0.2, -0.15) is 10.2 Å². The summed E-state index contributed by atoms with van der Waals surface area (Å²) in [6, 6.07) is 8.68. The van der Waals surface area contributed by atoms with Crippen molar-refractivity contribution in [2.24, 2.45) is 21.1 Å². The zero-order chi connectivity index (χ0) is 18.1. The lowest BCUT2D eigenvalue weighted by Crippen LogP contribution is -2.07. The Bertz CT molecular complexity index is 842. The van der Waals surface area contributed by atoms with Gasteiger partial charge in [-0.1, -0.05) is 42.3 Å². The monoisotopic (exact) mass is 333 g/mol. The summed E-state index contributed by atoms with van der Waals surface area (Å²) >= 11 is 0. The Morgan fingerprint density at radius 1 is 1.08 bits per heavy atom. The number of hydrogen-bond acceptors (Lipinski definition) is 3. The van der Waals surface area contributed by atoms with Crippen LogP contribution < -0.4 is 0 Å². The van der Waals surface area contributed by atoms with Gasteiger partial charge in [0.05, 0.1) is 18.0 Å².